The van der Waals surface area contributed by atoms with E-state index >= 15 is 0 Å². The van der Waals surface area contributed by atoms with Gasteiger partial charge in [-0.15, -0.1) is 0 Å². The highest BCUT2D eigenvalue weighted by molar-refractivity contribution is 7.93. The summed E-state index contributed by atoms with van der Waals surface area (Å²) in [7, 11) is -2.93. The van der Waals surface area contributed by atoms with Gasteiger partial charge in [-0.05, 0) is 0 Å². The summed E-state index contributed by atoms with van der Waals surface area (Å²) in [6.07, 6.45) is 0. The molecule has 1 aliphatic rings. The molecule has 5 heteroatoms. The van der Waals surface area contributed by atoms with Crippen LogP contribution in [0, 0.1) is 5.88 Å². The molecule has 1 rings (SSSR count). The normalized spacial score (nSPS) is 27.5. The minimum Gasteiger partial charge on any atom is -0.291 e. The maximum absolute atomic E-state index is 10.5. The zero-order valence-corrected chi connectivity index (χ0v) is 5.03. The first kappa shape index (κ1) is 6.00. The number of hydrogen-bond acceptors (Lipinski definition) is 4. The molecule has 2 N–H and O–H groups in total. The number of rotatable bonds is 0. The molecule has 0 atom stereocenters. The molecule has 0 aliphatic carbocycles. The summed E-state index contributed by atoms with van der Waals surface area (Å²) >= 11 is 0. The van der Waals surface area contributed by atoms with E-state index in [1.54, 1.807) is 0 Å². The second-order valence-electron chi connectivity index (χ2n) is 1.56. The second-order valence-corrected chi connectivity index (χ2v) is 3.41. The van der Waals surface area contributed by atoms with Crippen LogP contribution in [0.25, 0.3) is 0 Å². The van der Waals surface area contributed by atoms with Crippen LogP contribution in [0.3, 0.4) is 0 Å². The van der Waals surface area contributed by atoms with E-state index in [0.717, 1.165) is 5.88 Å². The van der Waals surface area contributed by atoms with Crippen LogP contribution < -0.4 is 10.6 Å². The predicted molar refractivity (Wildman–Crippen MR) is 29.2 cm³/mol. The van der Waals surface area contributed by atoms with E-state index in [9.17, 15) is 8.42 Å². The summed E-state index contributed by atoms with van der Waals surface area (Å²) in [5.41, 5.74) is 0. The van der Waals surface area contributed by atoms with Gasteiger partial charge in [-0.2, -0.15) is 0 Å². The third-order valence-corrected chi connectivity index (χ3v) is 1.93. The average molecular weight is 135 g/mol. The molecule has 0 spiro atoms. The van der Waals surface area contributed by atoms with Crippen LogP contribution in [-0.2, 0) is 9.84 Å². The van der Waals surface area contributed by atoms with Crippen LogP contribution in [0.5, 0.6) is 0 Å². The van der Waals surface area contributed by atoms with E-state index in [0.29, 0.717) is 6.67 Å². The maximum atomic E-state index is 10.5. The molecule has 1 aliphatic heterocycles. The first-order valence-electron chi connectivity index (χ1n) is 2.21. The first-order valence-corrected chi connectivity index (χ1v) is 3.92. The summed E-state index contributed by atoms with van der Waals surface area (Å²) < 4.78 is 20.9. The van der Waals surface area contributed by atoms with Crippen molar-refractivity contribution in [1.82, 2.24) is 10.6 Å². The van der Waals surface area contributed by atoms with Crippen LogP contribution in [0.4, 0.5) is 0 Å². The molecule has 4 nitrogen and oxygen atoms in total. The second kappa shape index (κ2) is 2.00. The topological polar surface area (TPSA) is 58.2 Å². The van der Waals surface area contributed by atoms with Crippen molar-refractivity contribution in [2.45, 2.75) is 0 Å². The van der Waals surface area contributed by atoms with Gasteiger partial charge in [0.15, 0.2) is 9.84 Å². The molecule has 8 heavy (non-hydrogen) atoms. The Bertz CT molecular complexity index is 150. The summed E-state index contributed by atoms with van der Waals surface area (Å²) in [6, 6.07) is 0. The van der Waals surface area contributed by atoms with Crippen molar-refractivity contribution in [2.75, 3.05) is 12.5 Å². The standard InChI is InChI=1S/C3H7N2O2S/c6-8(7)2-4-1-5-3-8/h2,4-5H,1,3H2. The lowest BCUT2D eigenvalue weighted by molar-refractivity contribution is 0.566. The lowest BCUT2D eigenvalue weighted by atomic mass is 11.0. The Morgan fingerprint density at radius 3 is 2.50 bits per heavy atom. The molecule has 1 fully saturated rings. The van der Waals surface area contributed by atoms with E-state index < -0.39 is 9.84 Å². The zero-order chi connectivity index (χ0) is 6.04. The van der Waals surface area contributed by atoms with Crippen LogP contribution >= 0.6 is 0 Å². The molecule has 0 aromatic carbocycles. The lowest BCUT2D eigenvalue weighted by Crippen LogP contribution is -2.40. The molecule has 1 radical (unpaired) electrons. The fraction of sp³-hybridized carbons (Fsp3) is 0.667. The minimum absolute atomic E-state index is 0.0556. The van der Waals surface area contributed by atoms with Gasteiger partial charge in [0.2, 0.25) is 0 Å². The van der Waals surface area contributed by atoms with Crippen LogP contribution in [-0.4, -0.2) is 21.0 Å². The summed E-state index contributed by atoms with van der Waals surface area (Å²) in [5.74, 6) is 1.17. The van der Waals surface area contributed by atoms with Crippen molar-refractivity contribution in [3.63, 3.8) is 0 Å². The SMILES string of the molecule is O=S1(=O)[CH]NCNC1. The zero-order valence-electron chi connectivity index (χ0n) is 4.22. The molecular weight excluding hydrogens is 128 g/mol. The first-order chi connectivity index (χ1) is 3.71. The fourth-order valence-corrected chi connectivity index (χ4v) is 1.28. The van der Waals surface area contributed by atoms with E-state index in [1.807, 2.05) is 0 Å². The Kier molecular flexibility index (Phi) is 1.50. The monoisotopic (exact) mass is 135 g/mol. The lowest BCUT2D eigenvalue weighted by Gasteiger charge is -2.11. The molecule has 0 amide bonds. The largest absolute Gasteiger partial charge is 0.291 e. The maximum Gasteiger partial charge on any atom is 0.181 e. The highest BCUT2D eigenvalue weighted by Gasteiger charge is 2.13. The minimum atomic E-state index is -2.93. The molecule has 1 heterocycles. The molecule has 0 aromatic rings. The number of hydrogen-bond donors (Lipinski definition) is 2. The van der Waals surface area contributed by atoms with Gasteiger partial charge in [0.25, 0.3) is 0 Å². The van der Waals surface area contributed by atoms with Gasteiger partial charge in [-0.3, -0.25) is 10.6 Å². The molecule has 0 bridgehead atoms. The molecule has 47 valence electrons. The van der Waals surface area contributed by atoms with Crippen LogP contribution in [0.2, 0.25) is 0 Å². The van der Waals surface area contributed by atoms with Crippen molar-refractivity contribution in [3.8, 4) is 0 Å². The third kappa shape index (κ3) is 1.43. The van der Waals surface area contributed by atoms with Gasteiger partial charge in [-0.25, -0.2) is 8.42 Å². The quantitative estimate of drug-likeness (QED) is 0.430. The number of sulfone groups is 1. The Labute approximate surface area is 48.2 Å². The van der Waals surface area contributed by atoms with Gasteiger partial charge in [0.05, 0.1) is 0 Å². The van der Waals surface area contributed by atoms with E-state index in [4.69, 9.17) is 0 Å². The number of nitrogens with one attached hydrogen (secondary N) is 2. The van der Waals surface area contributed by atoms with Gasteiger partial charge in [-0.1, -0.05) is 0 Å². The molecule has 0 saturated carbocycles. The van der Waals surface area contributed by atoms with Crippen molar-refractivity contribution in [3.05, 3.63) is 5.88 Å². The van der Waals surface area contributed by atoms with Crippen molar-refractivity contribution in [2.24, 2.45) is 0 Å². The van der Waals surface area contributed by atoms with Crippen molar-refractivity contribution >= 4 is 9.84 Å². The smallest absolute Gasteiger partial charge is 0.181 e. The van der Waals surface area contributed by atoms with Gasteiger partial charge in [0.1, 0.15) is 11.8 Å². The Balaban J connectivity index is 2.58. The Morgan fingerprint density at radius 1 is 1.50 bits per heavy atom. The highest BCUT2D eigenvalue weighted by atomic mass is 32.2. The third-order valence-electron chi connectivity index (χ3n) is 0.793. The fourth-order valence-electron chi connectivity index (χ4n) is 0.476. The summed E-state index contributed by atoms with van der Waals surface area (Å²) in [5, 5.41) is 5.20. The molecular formula is C3H7N2O2S. The van der Waals surface area contributed by atoms with Gasteiger partial charge >= 0.3 is 0 Å². The van der Waals surface area contributed by atoms with Crippen LogP contribution in [0.1, 0.15) is 0 Å². The Morgan fingerprint density at radius 2 is 2.25 bits per heavy atom. The van der Waals surface area contributed by atoms with E-state index in [2.05, 4.69) is 10.6 Å². The predicted octanol–water partition coefficient (Wildman–Crippen LogP) is -1.37. The van der Waals surface area contributed by atoms with Crippen molar-refractivity contribution in [1.29, 1.82) is 0 Å². The Hall–Kier alpha value is -0.130. The highest BCUT2D eigenvalue weighted by Crippen LogP contribution is 1.91. The van der Waals surface area contributed by atoms with E-state index in [-0.39, 0.29) is 5.88 Å². The van der Waals surface area contributed by atoms with Gasteiger partial charge in [0, 0.05) is 6.67 Å². The molecule has 0 aromatic heterocycles. The molecule has 0 unspecified atom stereocenters. The molecule has 1 saturated heterocycles. The summed E-state index contributed by atoms with van der Waals surface area (Å²) in [6.45, 7) is 0.541. The van der Waals surface area contributed by atoms with Crippen molar-refractivity contribution < 1.29 is 8.42 Å². The van der Waals surface area contributed by atoms with Gasteiger partial charge < -0.3 is 0 Å². The average Bonchev–Trinajstić information content (AvgIpc) is 1.65. The van der Waals surface area contributed by atoms with E-state index in [1.165, 1.54) is 0 Å². The van der Waals surface area contributed by atoms with Crippen LogP contribution in [0.15, 0.2) is 0 Å². The summed E-state index contributed by atoms with van der Waals surface area (Å²) in [4.78, 5) is 0.